The molecule has 2 heteroatoms. The molecule has 0 aliphatic heterocycles. The van der Waals surface area contributed by atoms with Crippen LogP contribution in [0.2, 0.25) is 0 Å². The number of aliphatic hydroxyl groups excluding tert-OH is 1. The van der Waals surface area contributed by atoms with Crippen LogP contribution < -0.4 is 0 Å². The zero-order valence-electron chi connectivity index (χ0n) is 8.72. The van der Waals surface area contributed by atoms with Gasteiger partial charge < -0.3 is 5.11 Å². The summed E-state index contributed by atoms with van der Waals surface area (Å²) < 4.78 is 1.30. The minimum absolute atomic E-state index is 0.289. The average molecular weight is 296 g/mol. The predicted octanol–water partition coefficient (Wildman–Crippen LogP) is 4.05. The lowest BCUT2D eigenvalue weighted by molar-refractivity contribution is 0.243. The van der Waals surface area contributed by atoms with Gasteiger partial charge in [0.05, 0.1) is 6.10 Å². The van der Waals surface area contributed by atoms with E-state index < -0.39 is 0 Å². The first-order valence-corrected chi connectivity index (χ1v) is 6.29. The quantitative estimate of drug-likeness (QED) is 0.555. The summed E-state index contributed by atoms with van der Waals surface area (Å²) in [5.74, 6) is 0. The fourth-order valence-electron chi connectivity index (χ4n) is 1.24. The van der Waals surface area contributed by atoms with Crippen molar-refractivity contribution in [3.63, 3.8) is 0 Å². The summed E-state index contributed by atoms with van der Waals surface area (Å²) in [4.78, 5) is 0. The average Bonchev–Trinajstić information content (AvgIpc) is 2.02. The molecule has 0 saturated carbocycles. The normalized spacial score (nSPS) is 14.6. The Morgan fingerprint density at radius 2 is 1.92 bits per heavy atom. The van der Waals surface area contributed by atoms with E-state index in [1.165, 1.54) is 35.7 Å². The van der Waals surface area contributed by atoms with Gasteiger partial charge in [-0.3, -0.25) is 0 Å². The van der Waals surface area contributed by atoms with Crippen molar-refractivity contribution in [2.75, 3.05) is 0 Å². The predicted molar refractivity (Wildman–Crippen MR) is 67.2 cm³/mol. The summed E-state index contributed by atoms with van der Waals surface area (Å²) in [6, 6.07) is 0. The first-order valence-electron chi connectivity index (χ1n) is 5.21. The molecule has 0 heterocycles. The Morgan fingerprint density at radius 1 is 1.31 bits per heavy atom. The summed E-state index contributed by atoms with van der Waals surface area (Å²) >= 11 is 2.32. The molecule has 0 unspecified atom stereocenters. The summed E-state index contributed by atoms with van der Waals surface area (Å²) in [6.07, 6.45) is 9.39. The van der Waals surface area contributed by atoms with Crippen molar-refractivity contribution in [1.29, 1.82) is 0 Å². The summed E-state index contributed by atoms with van der Waals surface area (Å²) in [6.45, 7) is 4.03. The van der Waals surface area contributed by atoms with Gasteiger partial charge in [-0.25, -0.2) is 0 Å². The summed E-state index contributed by atoms with van der Waals surface area (Å²) in [5, 5.41) is 9.08. The minimum Gasteiger partial charge on any atom is -0.389 e. The second kappa shape index (κ2) is 9.00. The standard InChI is InChI=1S/C11H21IO/c1-3-4-5-6-7-8-11(12)9-10(2)13/h9-10,13H,3-8H2,1-2H3/b11-9-/t10-/m0/s1. The molecule has 0 aromatic carbocycles. The molecular formula is C11H21IO. The fourth-order valence-corrected chi connectivity index (χ4v) is 2.14. The van der Waals surface area contributed by atoms with E-state index >= 15 is 0 Å². The van der Waals surface area contributed by atoms with Crippen molar-refractivity contribution < 1.29 is 5.11 Å². The number of halogens is 1. The zero-order valence-corrected chi connectivity index (χ0v) is 10.9. The van der Waals surface area contributed by atoms with Gasteiger partial charge in [0.1, 0.15) is 0 Å². The van der Waals surface area contributed by atoms with E-state index in [1.807, 2.05) is 6.08 Å². The van der Waals surface area contributed by atoms with Gasteiger partial charge >= 0.3 is 0 Å². The van der Waals surface area contributed by atoms with Gasteiger partial charge in [-0.1, -0.05) is 32.6 Å². The van der Waals surface area contributed by atoms with E-state index in [1.54, 1.807) is 6.92 Å². The van der Waals surface area contributed by atoms with Crippen LogP contribution in [-0.4, -0.2) is 11.2 Å². The summed E-state index contributed by atoms with van der Waals surface area (Å²) in [5.41, 5.74) is 0. The van der Waals surface area contributed by atoms with E-state index in [-0.39, 0.29) is 6.10 Å². The highest BCUT2D eigenvalue weighted by Gasteiger charge is 1.95. The maximum absolute atomic E-state index is 9.08. The van der Waals surface area contributed by atoms with Crippen LogP contribution in [0.15, 0.2) is 9.66 Å². The molecule has 1 nitrogen and oxygen atoms in total. The molecule has 0 radical (unpaired) electrons. The van der Waals surface area contributed by atoms with Crippen LogP contribution in [-0.2, 0) is 0 Å². The van der Waals surface area contributed by atoms with Crippen molar-refractivity contribution in [3.8, 4) is 0 Å². The number of hydrogen-bond acceptors (Lipinski definition) is 1. The topological polar surface area (TPSA) is 20.2 Å². The van der Waals surface area contributed by atoms with E-state index in [0.29, 0.717) is 0 Å². The van der Waals surface area contributed by atoms with Gasteiger partial charge in [0.2, 0.25) is 0 Å². The SMILES string of the molecule is CCCCCCC/C(I)=C/[C@H](C)O. The van der Waals surface area contributed by atoms with E-state index in [0.717, 1.165) is 6.42 Å². The summed E-state index contributed by atoms with van der Waals surface area (Å²) in [7, 11) is 0. The Labute approximate surface area is 95.8 Å². The van der Waals surface area contributed by atoms with Gasteiger partial charge in [-0.2, -0.15) is 0 Å². The van der Waals surface area contributed by atoms with Crippen LogP contribution in [0, 0.1) is 0 Å². The fraction of sp³-hybridized carbons (Fsp3) is 0.818. The molecule has 0 bridgehead atoms. The molecule has 0 spiro atoms. The van der Waals surface area contributed by atoms with Crippen molar-refractivity contribution >= 4 is 22.6 Å². The molecule has 0 rings (SSSR count). The number of hydrogen-bond donors (Lipinski definition) is 1. The Bertz CT molecular complexity index is 141. The maximum atomic E-state index is 9.08. The van der Waals surface area contributed by atoms with Gasteiger partial charge in [-0.05, 0) is 52.0 Å². The first-order chi connectivity index (χ1) is 6.16. The number of rotatable bonds is 7. The molecule has 0 aliphatic carbocycles. The molecule has 0 aliphatic rings. The Balaban J connectivity index is 3.31. The molecular weight excluding hydrogens is 275 g/mol. The molecule has 0 saturated heterocycles. The van der Waals surface area contributed by atoms with Gasteiger partial charge in [0, 0.05) is 0 Å². The highest BCUT2D eigenvalue weighted by atomic mass is 127. The van der Waals surface area contributed by atoms with Crippen LogP contribution in [0.5, 0.6) is 0 Å². The molecule has 0 fully saturated rings. The maximum Gasteiger partial charge on any atom is 0.0702 e. The lowest BCUT2D eigenvalue weighted by Crippen LogP contribution is -1.93. The third kappa shape index (κ3) is 10.4. The van der Waals surface area contributed by atoms with E-state index in [9.17, 15) is 0 Å². The van der Waals surface area contributed by atoms with Crippen LogP contribution in [0.3, 0.4) is 0 Å². The highest BCUT2D eigenvalue weighted by molar-refractivity contribution is 14.1. The Morgan fingerprint density at radius 3 is 2.46 bits per heavy atom. The number of allylic oxidation sites excluding steroid dienone is 1. The molecule has 0 amide bonds. The molecule has 78 valence electrons. The molecule has 0 aromatic heterocycles. The number of aliphatic hydroxyl groups is 1. The van der Waals surface area contributed by atoms with Crippen LogP contribution >= 0.6 is 22.6 Å². The van der Waals surface area contributed by atoms with Gasteiger partial charge in [0.25, 0.3) is 0 Å². The van der Waals surface area contributed by atoms with Crippen molar-refractivity contribution in [1.82, 2.24) is 0 Å². The third-order valence-corrected chi connectivity index (χ3v) is 2.84. The lowest BCUT2D eigenvalue weighted by Gasteiger charge is -2.01. The zero-order chi connectivity index (χ0) is 10.1. The molecule has 1 atom stereocenters. The first kappa shape index (κ1) is 13.4. The second-order valence-electron chi connectivity index (χ2n) is 3.52. The third-order valence-electron chi connectivity index (χ3n) is 1.94. The number of unbranched alkanes of at least 4 members (excludes halogenated alkanes) is 4. The van der Waals surface area contributed by atoms with Crippen molar-refractivity contribution in [2.45, 2.75) is 58.5 Å². The largest absolute Gasteiger partial charge is 0.389 e. The van der Waals surface area contributed by atoms with Crippen LogP contribution in [0.1, 0.15) is 52.4 Å². The van der Waals surface area contributed by atoms with Crippen molar-refractivity contribution in [3.05, 3.63) is 9.66 Å². The Hall–Kier alpha value is 0.430. The van der Waals surface area contributed by atoms with Gasteiger partial charge in [0.15, 0.2) is 0 Å². The second-order valence-corrected chi connectivity index (χ2v) is 4.90. The molecule has 0 aromatic rings. The highest BCUT2D eigenvalue weighted by Crippen LogP contribution is 2.17. The van der Waals surface area contributed by atoms with Crippen molar-refractivity contribution in [2.24, 2.45) is 0 Å². The van der Waals surface area contributed by atoms with Gasteiger partial charge in [-0.15, -0.1) is 0 Å². The minimum atomic E-state index is -0.289. The van der Waals surface area contributed by atoms with E-state index in [4.69, 9.17) is 5.11 Å². The molecule has 1 N–H and O–H groups in total. The van der Waals surface area contributed by atoms with Crippen LogP contribution in [0.25, 0.3) is 0 Å². The van der Waals surface area contributed by atoms with Crippen LogP contribution in [0.4, 0.5) is 0 Å². The molecule has 13 heavy (non-hydrogen) atoms. The smallest absolute Gasteiger partial charge is 0.0702 e. The monoisotopic (exact) mass is 296 g/mol. The lowest BCUT2D eigenvalue weighted by atomic mass is 10.1. The Kier molecular flexibility index (Phi) is 9.30. The van der Waals surface area contributed by atoms with E-state index in [2.05, 4.69) is 29.5 Å².